The minimum atomic E-state index is -3.70. The summed E-state index contributed by atoms with van der Waals surface area (Å²) >= 11 is 0. The molecule has 1 heterocycles. The summed E-state index contributed by atoms with van der Waals surface area (Å²) in [5, 5.41) is 9.65. The van der Waals surface area contributed by atoms with E-state index in [9.17, 15) is 23.1 Å². The van der Waals surface area contributed by atoms with Crippen molar-refractivity contribution in [3.63, 3.8) is 0 Å². The maximum absolute atomic E-state index is 13.3. The maximum atomic E-state index is 13.3. The zero-order chi connectivity index (χ0) is 19.8. The van der Waals surface area contributed by atoms with Gasteiger partial charge >= 0.3 is 5.97 Å². The fourth-order valence-electron chi connectivity index (χ4n) is 4.38. The quantitative estimate of drug-likeness (QED) is 0.796. The molecule has 7 nitrogen and oxygen atoms in total. The number of nitrogens with one attached hydrogen (secondary N) is 1. The lowest BCUT2D eigenvalue weighted by atomic mass is 9.84. The van der Waals surface area contributed by atoms with Gasteiger partial charge in [0.1, 0.15) is 6.04 Å². The summed E-state index contributed by atoms with van der Waals surface area (Å²) in [6.07, 6.45) is 4.25. The van der Waals surface area contributed by atoms with Gasteiger partial charge in [-0.05, 0) is 49.8 Å². The number of aryl methyl sites for hydroxylation is 1. The fourth-order valence-corrected chi connectivity index (χ4v) is 5.45. The molecule has 0 spiro atoms. The van der Waals surface area contributed by atoms with Crippen molar-refractivity contribution in [2.75, 3.05) is 6.54 Å². The van der Waals surface area contributed by atoms with Crippen molar-refractivity contribution in [3.8, 4) is 0 Å². The molecule has 1 aromatic rings. The Hall–Kier alpha value is -1.93. The topological polar surface area (TPSA) is 104 Å². The predicted octanol–water partition coefficient (Wildman–Crippen LogP) is 2.15. The molecule has 3 rings (SSSR count). The van der Waals surface area contributed by atoms with Gasteiger partial charge in [0.2, 0.25) is 10.0 Å². The molecule has 1 saturated heterocycles. The van der Waals surface area contributed by atoms with E-state index in [0.29, 0.717) is 12.0 Å². The molecule has 0 bridgehead atoms. The number of carbonyl (C=O) groups excluding carboxylic acids is 1. The Morgan fingerprint density at radius 3 is 2.63 bits per heavy atom. The van der Waals surface area contributed by atoms with Gasteiger partial charge in [-0.25, -0.2) is 17.9 Å². The van der Waals surface area contributed by atoms with Crippen LogP contribution >= 0.6 is 0 Å². The van der Waals surface area contributed by atoms with Crippen molar-refractivity contribution < 1.29 is 23.1 Å². The summed E-state index contributed by atoms with van der Waals surface area (Å²) in [7, 11) is -3.70. The minimum absolute atomic E-state index is 0.0181. The van der Waals surface area contributed by atoms with Gasteiger partial charge in [-0.3, -0.25) is 4.79 Å². The lowest BCUT2D eigenvalue weighted by Crippen LogP contribution is -2.46. The van der Waals surface area contributed by atoms with Gasteiger partial charge in [0.25, 0.3) is 5.91 Å². The van der Waals surface area contributed by atoms with E-state index in [4.69, 9.17) is 0 Å². The minimum Gasteiger partial charge on any atom is -0.480 e. The molecular formula is C19H26N2O5S. The molecule has 148 valence electrons. The summed E-state index contributed by atoms with van der Waals surface area (Å²) < 4.78 is 27.0. The van der Waals surface area contributed by atoms with Gasteiger partial charge in [-0.2, -0.15) is 0 Å². The van der Waals surface area contributed by atoms with Crippen molar-refractivity contribution in [2.45, 2.75) is 62.9 Å². The van der Waals surface area contributed by atoms with Crippen molar-refractivity contribution in [1.82, 2.24) is 9.62 Å². The van der Waals surface area contributed by atoms with Crippen LogP contribution in [0, 0.1) is 12.8 Å². The molecule has 0 radical (unpaired) electrons. The first-order valence-corrected chi connectivity index (χ1v) is 10.9. The molecular weight excluding hydrogens is 368 g/mol. The molecule has 8 heteroatoms. The van der Waals surface area contributed by atoms with Gasteiger partial charge in [-0.15, -0.1) is 0 Å². The van der Waals surface area contributed by atoms with E-state index in [1.807, 2.05) is 0 Å². The normalized spacial score (nSPS) is 25.3. The molecule has 1 aliphatic heterocycles. The smallest absolute Gasteiger partial charge is 0.326 e. The predicted molar refractivity (Wildman–Crippen MR) is 100.0 cm³/mol. The average Bonchev–Trinajstić information content (AvgIpc) is 3.01. The molecule has 3 unspecified atom stereocenters. The molecule has 0 aromatic heterocycles. The van der Waals surface area contributed by atoms with Gasteiger partial charge in [0.15, 0.2) is 0 Å². The van der Waals surface area contributed by atoms with Crippen LogP contribution in [0.5, 0.6) is 0 Å². The maximum Gasteiger partial charge on any atom is 0.326 e. The Bertz CT molecular complexity index is 852. The van der Waals surface area contributed by atoms with E-state index >= 15 is 0 Å². The number of sulfonamides is 1. The van der Waals surface area contributed by atoms with Crippen molar-refractivity contribution in [1.29, 1.82) is 0 Å². The SMILES string of the molecule is CCNS(=O)(=O)c1ccc(C)c(C(=O)N2C(C(=O)O)CC3CCCCC32)c1. The summed E-state index contributed by atoms with van der Waals surface area (Å²) in [6, 6.07) is 3.50. The number of fused-ring (bicyclic) bond motifs is 1. The number of carboxylic acids is 1. The summed E-state index contributed by atoms with van der Waals surface area (Å²) in [5.41, 5.74) is 0.894. The second-order valence-electron chi connectivity index (χ2n) is 7.39. The van der Waals surface area contributed by atoms with Gasteiger partial charge in [0, 0.05) is 18.2 Å². The highest BCUT2D eigenvalue weighted by Gasteiger charge is 2.47. The second-order valence-corrected chi connectivity index (χ2v) is 9.16. The van der Waals surface area contributed by atoms with E-state index in [1.165, 1.54) is 17.0 Å². The number of likely N-dealkylation sites (tertiary alicyclic amines) is 1. The molecule has 1 aliphatic carbocycles. The number of hydrogen-bond acceptors (Lipinski definition) is 4. The first-order valence-electron chi connectivity index (χ1n) is 9.42. The van der Waals surface area contributed by atoms with Gasteiger partial charge in [0.05, 0.1) is 4.90 Å². The number of aliphatic carboxylic acids is 1. The highest BCUT2D eigenvalue weighted by Crippen LogP contribution is 2.40. The number of carbonyl (C=O) groups is 2. The third-order valence-corrected chi connectivity index (χ3v) is 7.23. The van der Waals surface area contributed by atoms with Crippen LogP contribution in [0.15, 0.2) is 23.1 Å². The Balaban J connectivity index is 2.00. The van der Waals surface area contributed by atoms with E-state index in [-0.39, 0.29) is 34.9 Å². The van der Waals surface area contributed by atoms with E-state index in [1.54, 1.807) is 19.9 Å². The van der Waals surface area contributed by atoms with Crippen molar-refractivity contribution in [3.05, 3.63) is 29.3 Å². The lowest BCUT2D eigenvalue weighted by molar-refractivity contribution is -0.141. The summed E-state index contributed by atoms with van der Waals surface area (Å²) in [4.78, 5) is 26.6. The van der Waals surface area contributed by atoms with Crippen LogP contribution < -0.4 is 4.72 Å². The third kappa shape index (κ3) is 3.73. The van der Waals surface area contributed by atoms with Crippen LogP contribution in [0.1, 0.15) is 54.9 Å². The van der Waals surface area contributed by atoms with Crippen LogP contribution in [-0.4, -0.2) is 48.9 Å². The largest absolute Gasteiger partial charge is 0.480 e. The fraction of sp³-hybridized carbons (Fsp3) is 0.579. The molecule has 3 atom stereocenters. The zero-order valence-corrected chi connectivity index (χ0v) is 16.5. The van der Waals surface area contributed by atoms with Crippen molar-refractivity contribution in [2.24, 2.45) is 5.92 Å². The standard InChI is InChI=1S/C19H26N2O5S/c1-3-20-27(25,26)14-9-8-12(2)15(11-14)18(22)21-16-7-5-4-6-13(16)10-17(21)19(23)24/h8-9,11,13,16-17,20H,3-7,10H2,1-2H3,(H,23,24). The van der Waals surface area contributed by atoms with E-state index in [0.717, 1.165) is 25.7 Å². The van der Waals surface area contributed by atoms with Gasteiger partial charge < -0.3 is 10.0 Å². The van der Waals surface area contributed by atoms with Crippen LogP contribution in [0.4, 0.5) is 0 Å². The lowest BCUT2D eigenvalue weighted by Gasteiger charge is -2.33. The first-order chi connectivity index (χ1) is 12.8. The van der Waals surface area contributed by atoms with Crippen LogP contribution in [0.25, 0.3) is 0 Å². The zero-order valence-electron chi connectivity index (χ0n) is 15.6. The Kier molecular flexibility index (Phi) is 5.58. The van der Waals surface area contributed by atoms with E-state index in [2.05, 4.69) is 4.72 Å². The van der Waals surface area contributed by atoms with E-state index < -0.39 is 22.0 Å². The number of amides is 1. The van der Waals surface area contributed by atoms with Crippen LogP contribution in [-0.2, 0) is 14.8 Å². The highest BCUT2D eigenvalue weighted by atomic mass is 32.2. The first kappa shape index (κ1) is 19.8. The molecule has 1 aromatic carbocycles. The molecule has 2 N–H and O–H groups in total. The molecule has 2 fully saturated rings. The average molecular weight is 394 g/mol. The Morgan fingerprint density at radius 2 is 1.96 bits per heavy atom. The monoisotopic (exact) mass is 394 g/mol. The Morgan fingerprint density at radius 1 is 1.26 bits per heavy atom. The highest BCUT2D eigenvalue weighted by molar-refractivity contribution is 7.89. The van der Waals surface area contributed by atoms with Gasteiger partial charge in [-0.1, -0.05) is 25.8 Å². The molecule has 27 heavy (non-hydrogen) atoms. The number of nitrogens with zero attached hydrogens (tertiary/aromatic N) is 1. The number of benzene rings is 1. The summed E-state index contributed by atoms with van der Waals surface area (Å²) in [6.45, 7) is 3.67. The van der Waals surface area contributed by atoms with Crippen LogP contribution in [0.3, 0.4) is 0 Å². The Labute approximate surface area is 159 Å². The second kappa shape index (κ2) is 7.59. The molecule has 1 amide bonds. The number of hydrogen-bond donors (Lipinski definition) is 2. The molecule has 2 aliphatic rings. The number of carboxylic acid groups (broad SMARTS) is 1. The van der Waals surface area contributed by atoms with Crippen LogP contribution in [0.2, 0.25) is 0 Å². The third-order valence-electron chi connectivity index (χ3n) is 5.69. The number of rotatable bonds is 5. The van der Waals surface area contributed by atoms with Crippen molar-refractivity contribution >= 4 is 21.9 Å². The molecule has 1 saturated carbocycles. The summed E-state index contributed by atoms with van der Waals surface area (Å²) in [5.74, 6) is -1.17.